The quantitative estimate of drug-likeness (QED) is 0.812. The van der Waals surface area contributed by atoms with Crippen LogP contribution in [0.1, 0.15) is 42.8 Å². The Bertz CT molecular complexity index is 628. The van der Waals surface area contributed by atoms with E-state index in [0.29, 0.717) is 12.2 Å². The summed E-state index contributed by atoms with van der Waals surface area (Å²) >= 11 is 0. The van der Waals surface area contributed by atoms with Gasteiger partial charge in [0.2, 0.25) is 0 Å². The lowest BCUT2D eigenvalue weighted by atomic mass is 10.1. The van der Waals surface area contributed by atoms with Gasteiger partial charge in [0.05, 0.1) is 17.9 Å². The van der Waals surface area contributed by atoms with Crippen LogP contribution in [0, 0.1) is 0 Å². The lowest BCUT2D eigenvalue weighted by molar-refractivity contribution is -0.0383. The van der Waals surface area contributed by atoms with Gasteiger partial charge in [0.15, 0.2) is 6.23 Å². The highest BCUT2D eigenvalue weighted by Gasteiger charge is 2.19. The molecule has 22 heavy (non-hydrogen) atoms. The molecule has 0 saturated carbocycles. The molecule has 1 unspecified atom stereocenters. The molecule has 0 N–H and O–H groups in total. The van der Waals surface area contributed by atoms with Crippen molar-refractivity contribution in [2.45, 2.75) is 32.4 Å². The van der Waals surface area contributed by atoms with E-state index >= 15 is 0 Å². The van der Waals surface area contributed by atoms with Gasteiger partial charge >= 0.3 is 5.97 Å². The zero-order valence-corrected chi connectivity index (χ0v) is 12.7. The lowest BCUT2D eigenvalue weighted by Crippen LogP contribution is -2.19. The van der Waals surface area contributed by atoms with Crippen LogP contribution in [0.5, 0.6) is 0 Å². The minimum Gasteiger partial charge on any atom is -0.462 e. The summed E-state index contributed by atoms with van der Waals surface area (Å²) in [7, 11) is 0. The Hall–Kier alpha value is -2.14. The molecule has 1 aromatic heterocycles. The first-order valence-corrected chi connectivity index (χ1v) is 7.72. The Morgan fingerprint density at radius 3 is 2.82 bits per heavy atom. The molecule has 0 bridgehead atoms. The largest absolute Gasteiger partial charge is 0.462 e. The second kappa shape index (κ2) is 6.75. The van der Waals surface area contributed by atoms with Crippen molar-refractivity contribution in [3.8, 4) is 11.3 Å². The number of carbonyl (C=O) groups is 1. The van der Waals surface area contributed by atoms with E-state index in [1.54, 1.807) is 25.3 Å². The highest BCUT2D eigenvalue weighted by Crippen LogP contribution is 2.28. The van der Waals surface area contributed by atoms with E-state index in [2.05, 4.69) is 5.10 Å². The van der Waals surface area contributed by atoms with Gasteiger partial charge in [-0.1, -0.05) is 12.1 Å². The van der Waals surface area contributed by atoms with Gasteiger partial charge in [-0.2, -0.15) is 5.10 Å². The highest BCUT2D eigenvalue weighted by atomic mass is 16.5. The van der Waals surface area contributed by atoms with Crippen LogP contribution in [0.15, 0.2) is 36.5 Å². The number of nitrogens with zero attached hydrogens (tertiary/aromatic N) is 2. The van der Waals surface area contributed by atoms with Crippen molar-refractivity contribution in [1.82, 2.24) is 9.78 Å². The molecular weight excluding hydrogens is 280 g/mol. The lowest BCUT2D eigenvalue weighted by Gasteiger charge is -2.24. The SMILES string of the molecule is CCOC(=O)c1ccc(-c2ccnn2C2CCCCO2)cc1. The minimum atomic E-state index is -0.293. The molecule has 0 spiro atoms. The van der Waals surface area contributed by atoms with E-state index in [1.165, 1.54) is 0 Å². The molecule has 3 rings (SSSR count). The second-order valence-corrected chi connectivity index (χ2v) is 5.28. The van der Waals surface area contributed by atoms with Crippen LogP contribution in [0.25, 0.3) is 11.3 Å². The van der Waals surface area contributed by atoms with E-state index in [0.717, 1.165) is 37.1 Å². The summed E-state index contributed by atoms with van der Waals surface area (Å²) in [6.45, 7) is 2.97. The fraction of sp³-hybridized carbons (Fsp3) is 0.412. The van der Waals surface area contributed by atoms with Crippen molar-refractivity contribution in [2.75, 3.05) is 13.2 Å². The fourth-order valence-electron chi connectivity index (χ4n) is 2.68. The van der Waals surface area contributed by atoms with E-state index in [-0.39, 0.29) is 12.2 Å². The van der Waals surface area contributed by atoms with E-state index in [1.807, 2.05) is 22.9 Å². The van der Waals surface area contributed by atoms with Crippen LogP contribution >= 0.6 is 0 Å². The third-order valence-electron chi connectivity index (χ3n) is 3.79. The van der Waals surface area contributed by atoms with Gasteiger partial charge in [-0.05, 0) is 49.9 Å². The average Bonchev–Trinajstić information content (AvgIpc) is 3.06. The normalized spacial score (nSPS) is 18.1. The highest BCUT2D eigenvalue weighted by molar-refractivity contribution is 5.90. The summed E-state index contributed by atoms with van der Waals surface area (Å²) in [5.41, 5.74) is 2.58. The number of benzene rings is 1. The van der Waals surface area contributed by atoms with Crippen molar-refractivity contribution in [3.63, 3.8) is 0 Å². The van der Waals surface area contributed by atoms with E-state index in [9.17, 15) is 4.79 Å². The summed E-state index contributed by atoms with van der Waals surface area (Å²) in [6.07, 6.45) is 5.04. The molecule has 2 heterocycles. The Kier molecular flexibility index (Phi) is 4.53. The zero-order valence-electron chi connectivity index (χ0n) is 12.7. The zero-order chi connectivity index (χ0) is 15.4. The predicted molar refractivity (Wildman–Crippen MR) is 82.5 cm³/mol. The standard InChI is InChI=1S/C17H20N2O3/c1-2-21-17(20)14-8-6-13(7-9-14)15-10-11-18-19(15)16-5-3-4-12-22-16/h6-11,16H,2-5,12H2,1H3. The Morgan fingerprint density at radius 1 is 1.32 bits per heavy atom. The summed E-state index contributed by atoms with van der Waals surface area (Å²) in [4.78, 5) is 11.7. The molecule has 0 radical (unpaired) electrons. The van der Waals surface area contributed by atoms with Crippen LogP contribution in [0.4, 0.5) is 0 Å². The van der Waals surface area contributed by atoms with Gasteiger partial charge in [0.25, 0.3) is 0 Å². The molecule has 1 atom stereocenters. The van der Waals surface area contributed by atoms with Gasteiger partial charge in [-0.25, -0.2) is 9.48 Å². The smallest absolute Gasteiger partial charge is 0.338 e. The van der Waals surface area contributed by atoms with Gasteiger partial charge in [-0.15, -0.1) is 0 Å². The van der Waals surface area contributed by atoms with Gasteiger partial charge in [0.1, 0.15) is 0 Å². The minimum absolute atomic E-state index is 0.00323. The van der Waals surface area contributed by atoms with Crippen molar-refractivity contribution < 1.29 is 14.3 Å². The number of esters is 1. The molecule has 1 saturated heterocycles. The predicted octanol–water partition coefficient (Wildman–Crippen LogP) is 3.43. The first-order valence-electron chi connectivity index (χ1n) is 7.72. The molecule has 116 valence electrons. The van der Waals surface area contributed by atoms with Crippen molar-refractivity contribution in [3.05, 3.63) is 42.1 Å². The van der Waals surface area contributed by atoms with Gasteiger partial charge in [-0.3, -0.25) is 0 Å². The monoisotopic (exact) mass is 300 g/mol. The number of hydrogen-bond donors (Lipinski definition) is 0. The molecule has 5 nitrogen and oxygen atoms in total. The molecule has 1 aliphatic rings. The first-order chi connectivity index (χ1) is 10.8. The summed E-state index contributed by atoms with van der Waals surface area (Å²) in [5.74, 6) is -0.293. The van der Waals surface area contributed by atoms with Crippen LogP contribution < -0.4 is 0 Å². The maximum absolute atomic E-state index is 11.7. The molecule has 0 amide bonds. The Balaban J connectivity index is 1.82. The summed E-state index contributed by atoms with van der Waals surface area (Å²) < 4.78 is 12.7. The van der Waals surface area contributed by atoms with E-state index < -0.39 is 0 Å². The Labute approximate surface area is 129 Å². The molecule has 2 aromatic rings. The summed E-state index contributed by atoms with van der Waals surface area (Å²) in [6, 6.07) is 9.38. The topological polar surface area (TPSA) is 53.3 Å². The average molecular weight is 300 g/mol. The number of aromatic nitrogens is 2. The third kappa shape index (κ3) is 3.04. The third-order valence-corrected chi connectivity index (χ3v) is 3.79. The number of rotatable bonds is 4. The molecule has 1 aromatic carbocycles. The van der Waals surface area contributed by atoms with Crippen LogP contribution in [-0.2, 0) is 9.47 Å². The fourth-order valence-corrected chi connectivity index (χ4v) is 2.68. The second-order valence-electron chi connectivity index (χ2n) is 5.28. The molecule has 1 aliphatic heterocycles. The number of ether oxygens (including phenoxy) is 2. The van der Waals surface area contributed by atoms with Crippen LogP contribution in [0.3, 0.4) is 0 Å². The van der Waals surface area contributed by atoms with E-state index in [4.69, 9.17) is 9.47 Å². The van der Waals surface area contributed by atoms with Crippen LogP contribution in [-0.4, -0.2) is 29.0 Å². The van der Waals surface area contributed by atoms with Crippen molar-refractivity contribution >= 4 is 5.97 Å². The molecule has 5 heteroatoms. The first kappa shape index (κ1) is 14.8. The number of carbonyl (C=O) groups excluding carboxylic acids is 1. The molecular formula is C17H20N2O3. The van der Waals surface area contributed by atoms with Gasteiger partial charge in [0, 0.05) is 12.8 Å². The molecule has 1 fully saturated rings. The maximum atomic E-state index is 11.7. The van der Waals surface area contributed by atoms with Crippen LogP contribution in [0.2, 0.25) is 0 Å². The number of hydrogen-bond acceptors (Lipinski definition) is 4. The van der Waals surface area contributed by atoms with Crippen molar-refractivity contribution in [1.29, 1.82) is 0 Å². The Morgan fingerprint density at radius 2 is 2.14 bits per heavy atom. The maximum Gasteiger partial charge on any atom is 0.338 e. The van der Waals surface area contributed by atoms with Crippen molar-refractivity contribution in [2.24, 2.45) is 0 Å². The molecule has 0 aliphatic carbocycles. The van der Waals surface area contributed by atoms with Gasteiger partial charge < -0.3 is 9.47 Å². The summed E-state index contributed by atoms with van der Waals surface area (Å²) in [5, 5.41) is 4.40.